The molecule has 1 N–H and O–H groups in total. The number of amides is 1. The Bertz CT molecular complexity index is 209. The van der Waals surface area contributed by atoms with E-state index < -0.39 is 0 Å². The summed E-state index contributed by atoms with van der Waals surface area (Å²) in [7, 11) is 0. The molecule has 4 nitrogen and oxygen atoms in total. The Morgan fingerprint density at radius 2 is 1.76 bits per heavy atom. The molecule has 0 spiro atoms. The van der Waals surface area contributed by atoms with Crippen molar-refractivity contribution >= 4 is 5.91 Å². The average molecular weight is 241 g/mol. The zero-order chi connectivity index (χ0) is 12.5. The van der Waals surface area contributed by atoms with Gasteiger partial charge < -0.3 is 15.1 Å². The van der Waals surface area contributed by atoms with Crippen LogP contribution in [0, 0.1) is 0 Å². The van der Waals surface area contributed by atoms with Gasteiger partial charge >= 0.3 is 0 Å². The van der Waals surface area contributed by atoms with Crippen LogP contribution in [0.1, 0.15) is 33.1 Å². The predicted octanol–water partition coefficient (Wildman–Crippen LogP) is 0.930. The van der Waals surface area contributed by atoms with Gasteiger partial charge in [-0.25, -0.2) is 0 Å². The molecule has 0 aromatic heterocycles. The van der Waals surface area contributed by atoms with Gasteiger partial charge in [-0.2, -0.15) is 0 Å². The van der Waals surface area contributed by atoms with Gasteiger partial charge in [-0.3, -0.25) is 4.79 Å². The second-order valence-corrected chi connectivity index (χ2v) is 4.72. The first-order chi connectivity index (χ1) is 8.27. The fourth-order valence-electron chi connectivity index (χ4n) is 2.25. The van der Waals surface area contributed by atoms with Gasteiger partial charge in [-0.05, 0) is 12.8 Å². The highest BCUT2D eigenvalue weighted by Crippen LogP contribution is 2.01. The maximum absolute atomic E-state index is 12.0. The monoisotopic (exact) mass is 241 g/mol. The van der Waals surface area contributed by atoms with Crippen LogP contribution in [-0.2, 0) is 4.79 Å². The molecule has 17 heavy (non-hydrogen) atoms. The molecule has 1 saturated heterocycles. The number of carbonyl (C=O) groups excluding carboxylic acids is 1. The molecule has 1 amide bonds. The first-order valence-electron chi connectivity index (χ1n) is 6.98. The van der Waals surface area contributed by atoms with E-state index >= 15 is 0 Å². The minimum atomic E-state index is 0.326. The summed E-state index contributed by atoms with van der Waals surface area (Å²) in [4.78, 5) is 16.4. The quantitative estimate of drug-likeness (QED) is 0.720. The molecule has 0 saturated carbocycles. The van der Waals surface area contributed by atoms with Crippen LogP contribution < -0.4 is 5.32 Å². The van der Waals surface area contributed by atoms with Gasteiger partial charge in [0, 0.05) is 52.2 Å². The predicted molar refractivity (Wildman–Crippen MR) is 71.1 cm³/mol. The largest absolute Gasteiger partial charge is 0.343 e. The van der Waals surface area contributed by atoms with Crippen LogP contribution in [0.15, 0.2) is 0 Å². The Morgan fingerprint density at radius 3 is 2.29 bits per heavy atom. The molecule has 0 aliphatic carbocycles. The van der Waals surface area contributed by atoms with Gasteiger partial charge in [0.2, 0.25) is 5.91 Å². The summed E-state index contributed by atoms with van der Waals surface area (Å²) in [6, 6.07) is 0. The molecule has 0 radical (unpaired) electrons. The van der Waals surface area contributed by atoms with E-state index in [0.717, 1.165) is 58.7 Å². The van der Waals surface area contributed by atoms with Gasteiger partial charge in [-0.15, -0.1) is 0 Å². The summed E-state index contributed by atoms with van der Waals surface area (Å²) in [5.74, 6) is 0.326. The number of carbonyl (C=O) groups is 1. The van der Waals surface area contributed by atoms with E-state index in [9.17, 15) is 4.79 Å². The Kier molecular flexibility index (Phi) is 7.21. The molecule has 0 aromatic rings. The maximum Gasteiger partial charge on any atom is 0.223 e. The van der Waals surface area contributed by atoms with Crippen LogP contribution in [0.4, 0.5) is 0 Å². The molecule has 0 bridgehead atoms. The normalized spacial score (nSPS) is 17.1. The van der Waals surface area contributed by atoms with Crippen molar-refractivity contribution in [2.45, 2.75) is 33.1 Å². The lowest BCUT2D eigenvalue weighted by Gasteiger charge is -2.28. The summed E-state index contributed by atoms with van der Waals surface area (Å²) in [5.41, 5.74) is 0. The van der Waals surface area contributed by atoms with Crippen LogP contribution in [0.25, 0.3) is 0 Å². The highest BCUT2D eigenvalue weighted by Gasteiger charge is 2.15. The van der Waals surface area contributed by atoms with Gasteiger partial charge in [-0.1, -0.05) is 13.8 Å². The molecule has 1 fully saturated rings. The number of piperazine rings is 1. The lowest BCUT2D eigenvalue weighted by Crippen LogP contribution is -2.45. The molecule has 100 valence electrons. The lowest BCUT2D eigenvalue weighted by molar-refractivity contribution is -0.131. The fourth-order valence-corrected chi connectivity index (χ4v) is 2.25. The summed E-state index contributed by atoms with van der Waals surface area (Å²) >= 11 is 0. The maximum atomic E-state index is 12.0. The molecule has 0 unspecified atom stereocenters. The smallest absolute Gasteiger partial charge is 0.223 e. The van der Waals surface area contributed by atoms with Crippen molar-refractivity contribution in [1.82, 2.24) is 15.1 Å². The Hall–Kier alpha value is -0.610. The standard InChI is InChI=1S/C13H27N3O/c1-3-8-16(9-4-2)13(17)5-10-15-11-6-14-7-12-15/h14H,3-12H2,1-2H3. The molecular formula is C13H27N3O. The van der Waals surface area contributed by atoms with Crippen LogP contribution in [-0.4, -0.2) is 61.5 Å². The van der Waals surface area contributed by atoms with Crippen LogP contribution >= 0.6 is 0 Å². The summed E-state index contributed by atoms with van der Waals surface area (Å²) in [6.45, 7) is 11.3. The van der Waals surface area contributed by atoms with Gasteiger partial charge in [0.15, 0.2) is 0 Å². The number of hydrogen-bond acceptors (Lipinski definition) is 3. The third kappa shape index (κ3) is 5.50. The third-order valence-corrected chi connectivity index (χ3v) is 3.19. The minimum Gasteiger partial charge on any atom is -0.343 e. The number of hydrogen-bond donors (Lipinski definition) is 1. The molecule has 1 aliphatic rings. The average Bonchev–Trinajstić information content (AvgIpc) is 2.37. The number of nitrogens with one attached hydrogen (secondary N) is 1. The van der Waals surface area contributed by atoms with Crippen molar-refractivity contribution in [3.63, 3.8) is 0 Å². The third-order valence-electron chi connectivity index (χ3n) is 3.19. The molecule has 1 heterocycles. The Balaban J connectivity index is 2.25. The van der Waals surface area contributed by atoms with Crippen LogP contribution in [0.2, 0.25) is 0 Å². The zero-order valence-electron chi connectivity index (χ0n) is 11.4. The molecule has 1 aliphatic heterocycles. The summed E-state index contributed by atoms with van der Waals surface area (Å²) in [6.07, 6.45) is 2.79. The lowest BCUT2D eigenvalue weighted by atomic mass is 10.2. The van der Waals surface area contributed by atoms with Gasteiger partial charge in [0.25, 0.3) is 0 Å². The molecule has 0 aromatic carbocycles. The van der Waals surface area contributed by atoms with Crippen LogP contribution in [0.5, 0.6) is 0 Å². The van der Waals surface area contributed by atoms with E-state index in [4.69, 9.17) is 0 Å². The van der Waals surface area contributed by atoms with Crippen molar-refractivity contribution in [2.24, 2.45) is 0 Å². The fraction of sp³-hybridized carbons (Fsp3) is 0.923. The van der Waals surface area contributed by atoms with Crippen molar-refractivity contribution in [2.75, 3.05) is 45.8 Å². The molecule has 0 atom stereocenters. The van der Waals surface area contributed by atoms with Crippen molar-refractivity contribution in [3.8, 4) is 0 Å². The first-order valence-corrected chi connectivity index (χ1v) is 6.98. The zero-order valence-corrected chi connectivity index (χ0v) is 11.4. The second-order valence-electron chi connectivity index (χ2n) is 4.72. The summed E-state index contributed by atoms with van der Waals surface area (Å²) in [5, 5.41) is 3.33. The summed E-state index contributed by atoms with van der Waals surface area (Å²) < 4.78 is 0. The molecule has 4 heteroatoms. The van der Waals surface area contributed by atoms with Gasteiger partial charge in [0.05, 0.1) is 0 Å². The number of rotatable bonds is 7. The SMILES string of the molecule is CCCN(CCC)C(=O)CCN1CCNCC1. The van der Waals surface area contributed by atoms with E-state index in [1.807, 2.05) is 4.90 Å². The van der Waals surface area contributed by atoms with E-state index in [-0.39, 0.29) is 0 Å². The van der Waals surface area contributed by atoms with E-state index in [1.165, 1.54) is 0 Å². The Labute approximate surface area is 105 Å². The van der Waals surface area contributed by atoms with Crippen molar-refractivity contribution < 1.29 is 4.79 Å². The Morgan fingerprint density at radius 1 is 1.18 bits per heavy atom. The minimum absolute atomic E-state index is 0.326. The van der Waals surface area contributed by atoms with E-state index in [2.05, 4.69) is 24.1 Å². The molecule has 1 rings (SSSR count). The van der Waals surface area contributed by atoms with E-state index in [1.54, 1.807) is 0 Å². The first kappa shape index (κ1) is 14.5. The highest BCUT2D eigenvalue weighted by atomic mass is 16.2. The highest BCUT2D eigenvalue weighted by molar-refractivity contribution is 5.76. The van der Waals surface area contributed by atoms with Crippen molar-refractivity contribution in [1.29, 1.82) is 0 Å². The van der Waals surface area contributed by atoms with Crippen LogP contribution in [0.3, 0.4) is 0 Å². The van der Waals surface area contributed by atoms with E-state index in [0.29, 0.717) is 12.3 Å². The molecular weight excluding hydrogens is 214 g/mol. The van der Waals surface area contributed by atoms with Crippen molar-refractivity contribution in [3.05, 3.63) is 0 Å². The number of nitrogens with zero attached hydrogens (tertiary/aromatic N) is 2. The topological polar surface area (TPSA) is 35.6 Å². The van der Waals surface area contributed by atoms with Gasteiger partial charge in [0.1, 0.15) is 0 Å². The second kappa shape index (κ2) is 8.48.